The molecule has 0 aliphatic carbocycles. The Bertz CT molecular complexity index is 3750. The standard InChI is InChI=1S/C37H32N5.C18H18N5.C2H4O2.CH4O3S/c1-42(2,3)35-25-27(21-24-39-35)33-20-19-31-32-26-38-23-22-34(32)41(36(31)40-33)37(28-13-7-4-8-14-28,29-15-9-5-10-16-29)30-17-11-6-12-18-30;1-23(2,3)17-10-12(6-9-20-17)15-5-4-13-14-11-19-8-7-16(14)22-18(13)21-15;1-2(3)4;1-5(2,3)4/h4-26H,1-3H3;4-11H,1-3H3,(H,21,22);1H3,(H,3,4);1H3,(H,2,3,4)/q2*+1;;/p-2. The number of aliphatic carboxylic acids is 1. The minimum Gasteiger partial charge on any atom is -0.748 e. The molecule has 0 unspecified atom stereocenters. The molecule has 0 radical (unpaired) electrons. The van der Waals surface area contributed by atoms with Crippen molar-refractivity contribution in [3.63, 3.8) is 0 Å². The van der Waals surface area contributed by atoms with E-state index in [0.29, 0.717) is 15.2 Å². The molecule has 0 saturated heterocycles. The second-order valence-corrected chi connectivity index (χ2v) is 20.7. The predicted octanol–water partition coefficient (Wildman–Crippen LogP) is 8.97. The van der Waals surface area contributed by atoms with Crippen LogP contribution in [0, 0.1) is 0 Å². The Morgan fingerprint density at radius 1 is 0.568 bits per heavy atom. The van der Waals surface area contributed by atoms with Gasteiger partial charge in [-0.3, -0.25) is 18.9 Å². The van der Waals surface area contributed by atoms with Crippen molar-refractivity contribution in [2.24, 2.45) is 0 Å². The molecule has 74 heavy (non-hydrogen) atoms. The van der Waals surface area contributed by atoms with E-state index in [0.717, 1.165) is 102 Å². The van der Waals surface area contributed by atoms with Crippen LogP contribution in [0.2, 0.25) is 0 Å². The van der Waals surface area contributed by atoms with Crippen molar-refractivity contribution >= 4 is 71.6 Å². The number of fused-ring (bicyclic) bond motifs is 6. The van der Waals surface area contributed by atoms with Crippen LogP contribution in [-0.2, 0) is 20.5 Å². The van der Waals surface area contributed by atoms with Gasteiger partial charge in [0.15, 0.2) is 0 Å². The van der Waals surface area contributed by atoms with Gasteiger partial charge in [-0.1, -0.05) is 91.0 Å². The zero-order valence-electron chi connectivity index (χ0n) is 42.4. The first-order chi connectivity index (χ1) is 35.2. The number of carboxylic acid groups (broad SMARTS) is 1. The maximum Gasteiger partial charge on any atom is 0.227 e. The molecule has 0 fully saturated rings. The lowest BCUT2D eigenvalue weighted by Crippen LogP contribution is -2.37. The van der Waals surface area contributed by atoms with Crippen LogP contribution in [0.4, 0.5) is 11.6 Å². The minimum absolute atomic E-state index is 0.604. The molecular weight excluding hydrogens is 949 g/mol. The molecule has 8 heterocycles. The molecule has 0 aliphatic heterocycles. The summed E-state index contributed by atoms with van der Waals surface area (Å²) in [7, 11) is 8.78. The lowest BCUT2D eigenvalue weighted by molar-refractivity contribution is -0.302. The molecule has 374 valence electrons. The molecule has 16 heteroatoms. The summed E-state index contributed by atoms with van der Waals surface area (Å²) in [6, 6.07) is 53.1. The summed E-state index contributed by atoms with van der Waals surface area (Å²) in [6.45, 7) is 0.972. The van der Waals surface area contributed by atoms with Crippen LogP contribution < -0.4 is 14.1 Å². The summed E-state index contributed by atoms with van der Waals surface area (Å²) >= 11 is 0. The third-order valence-electron chi connectivity index (χ3n) is 12.0. The smallest absolute Gasteiger partial charge is 0.227 e. The molecule has 15 nitrogen and oxygen atoms in total. The first-order valence-corrected chi connectivity index (χ1v) is 25.3. The molecule has 0 amide bonds. The summed E-state index contributed by atoms with van der Waals surface area (Å²) in [5, 5.41) is 13.2. The zero-order valence-corrected chi connectivity index (χ0v) is 43.2. The van der Waals surface area contributed by atoms with E-state index in [1.165, 1.54) is 0 Å². The van der Waals surface area contributed by atoms with Gasteiger partial charge in [0.2, 0.25) is 11.6 Å². The highest BCUT2D eigenvalue weighted by molar-refractivity contribution is 7.84. The molecule has 0 aliphatic rings. The third kappa shape index (κ3) is 11.4. The number of hydrogen-bond donors (Lipinski definition) is 1. The number of benzene rings is 3. The summed E-state index contributed by atoms with van der Waals surface area (Å²) in [4.78, 5) is 40.3. The van der Waals surface area contributed by atoms with Gasteiger partial charge >= 0.3 is 0 Å². The van der Waals surface area contributed by atoms with E-state index in [2.05, 4.69) is 205 Å². The Morgan fingerprint density at radius 2 is 1.00 bits per heavy atom. The first-order valence-electron chi connectivity index (χ1n) is 23.5. The Balaban J connectivity index is 0.000000190. The molecule has 3 aromatic carbocycles. The normalized spacial score (nSPS) is 11.8. The summed E-state index contributed by atoms with van der Waals surface area (Å²) in [5.41, 5.74) is 10.6. The summed E-state index contributed by atoms with van der Waals surface area (Å²) in [5.74, 6) is 0.900. The van der Waals surface area contributed by atoms with Crippen LogP contribution in [0.5, 0.6) is 0 Å². The number of H-pyrrole nitrogens is 1. The zero-order chi connectivity index (χ0) is 52.8. The van der Waals surface area contributed by atoms with Crippen molar-refractivity contribution in [2.75, 3.05) is 48.5 Å². The molecule has 1 N–H and O–H groups in total. The van der Waals surface area contributed by atoms with Crippen LogP contribution in [0.25, 0.3) is 66.4 Å². The van der Waals surface area contributed by atoms with Crippen LogP contribution in [0.1, 0.15) is 23.6 Å². The SMILES string of the molecule is CC(=O)[O-].CS(=O)(=O)[O-].C[N+](C)(C)c1cc(-c2ccc3c(n2)[nH]c2ccncc23)ccn1.C[N+](C)(C)c1cc(-c2ccc3c4cnccc4n(C(c4ccccc4)(c4ccccc4)c4ccccc4)c3n2)ccn1. The van der Waals surface area contributed by atoms with Gasteiger partial charge < -0.3 is 24.0 Å². The highest BCUT2D eigenvalue weighted by Gasteiger charge is 2.41. The number of carbonyl (C=O) groups excluding carboxylic acids is 1. The Morgan fingerprint density at radius 3 is 1.47 bits per heavy atom. The number of hydrogen-bond acceptors (Lipinski definition) is 11. The van der Waals surface area contributed by atoms with E-state index >= 15 is 0 Å². The lowest BCUT2D eigenvalue weighted by atomic mass is 9.76. The van der Waals surface area contributed by atoms with Crippen molar-refractivity contribution < 1.29 is 22.9 Å². The van der Waals surface area contributed by atoms with Gasteiger partial charge in [0.05, 0.1) is 74.8 Å². The number of nitrogens with one attached hydrogen (secondary N) is 1. The second-order valence-electron chi connectivity index (χ2n) is 19.3. The summed E-state index contributed by atoms with van der Waals surface area (Å²) in [6.07, 6.45) is 11.8. The fourth-order valence-electron chi connectivity index (χ4n) is 8.83. The van der Waals surface area contributed by atoms with Crippen LogP contribution in [0.15, 0.2) is 189 Å². The van der Waals surface area contributed by atoms with Gasteiger partial charge in [0.1, 0.15) is 16.8 Å². The number of rotatable bonds is 8. The quantitative estimate of drug-likeness (QED) is 0.0867. The molecule has 0 bridgehead atoms. The van der Waals surface area contributed by atoms with Gasteiger partial charge in [-0.25, -0.2) is 28.4 Å². The minimum atomic E-state index is -3.92. The number of pyridine rings is 6. The van der Waals surface area contributed by atoms with Gasteiger partial charge in [-0.05, 0) is 72.1 Å². The average molecular weight is 1010 g/mol. The maximum absolute atomic E-state index is 9.08. The van der Waals surface area contributed by atoms with Crippen LogP contribution in [0.3, 0.4) is 0 Å². The van der Waals surface area contributed by atoms with E-state index in [4.69, 9.17) is 32.8 Å². The Hall–Kier alpha value is -8.54. The van der Waals surface area contributed by atoms with Crippen molar-refractivity contribution in [3.05, 3.63) is 206 Å². The topological polar surface area (TPSA) is 195 Å². The van der Waals surface area contributed by atoms with Gasteiger partial charge in [0.25, 0.3) is 0 Å². The summed E-state index contributed by atoms with van der Waals surface area (Å²) < 4.78 is 31.0. The highest BCUT2D eigenvalue weighted by Crippen LogP contribution is 2.46. The van der Waals surface area contributed by atoms with E-state index in [1.807, 2.05) is 49.2 Å². The van der Waals surface area contributed by atoms with Gasteiger partial charge in [-0.15, -0.1) is 0 Å². The van der Waals surface area contributed by atoms with Gasteiger partial charge in [0, 0.05) is 94.2 Å². The number of quaternary nitrogens is 2. The Kier molecular flexibility index (Phi) is 14.9. The third-order valence-corrected chi connectivity index (χ3v) is 12.0. The molecular formula is C58H56N10O5S. The number of aromatic nitrogens is 8. The molecule has 0 atom stereocenters. The van der Waals surface area contributed by atoms with E-state index in [9.17, 15) is 0 Å². The fourth-order valence-corrected chi connectivity index (χ4v) is 8.83. The van der Waals surface area contributed by atoms with E-state index < -0.39 is 21.6 Å². The largest absolute Gasteiger partial charge is 0.748 e. The van der Waals surface area contributed by atoms with E-state index in [-0.39, 0.29) is 0 Å². The predicted molar refractivity (Wildman–Crippen MR) is 293 cm³/mol. The number of aromatic amines is 1. The number of carbonyl (C=O) groups is 1. The van der Waals surface area contributed by atoms with Crippen molar-refractivity contribution in [3.8, 4) is 22.5 Å². The second kappa shape index (κ2) is 21.3. The fraction of sp³-hybridized carbons (Fsp3) is 0.155. The molecule has 0 saturated carbocycles. The van der Waals surface area contributed by atoms with Crippen molar-refractivity contribution in [1.82, 2.24) is 48.4 Å². The highest BCUT2D eigenvalue weighted by atomic mass is 32.2. The molecule has 11 rings (SSSR count). The van der Waals surface area contributed by atoms with Crippen LogP contribution in [-0.4, -0.2) is 107 Å². The maximum atomic E-state index is 9.08. The number of nitrogens with zero attached hydrogens (tertiary/aromatic N) is 9. The first kappa shape index (κ1) is 51.8. The molecule has 0 spiro atoms. The molecule has 8 aromatic heterocycles. The number of carboxylic acids is 1. The van der Waals surface area contributed by atoms with Crippen molar-refractivity contribution in [1.29, 1.82) is 0 Å². The molecule has 11 aromatic rings. The van der Waals surface area contributed by atoms with Crippen LogP contribution >= 0.6 is 0 Å². The van der Waals surface area contributed by atoms with Crippen molar-refractivity contribution in [2.45, 2.75) is 12.5 Å². The Labute approximate surface area is 430 Å². The average Bonchev–Trinajstić information content (AvgIpc) is 3.92. The monoisotopic (exact) mass is 1000 g/mol. The van der Waals surface area contributed by atoms with E-state index in [1.54, 1.807) is 6.20 Å². The van der Waals surface area contributed by atoms with Gasteiger partial charge in [-0.2, -0.15) is 0 Å². The lowest BCUT2D eigenvalue weighted by Gasteiger charge is -2.38.